The first-order valence-electron chi connectivity index (χ1n) is 5.04. The van der Waals surface area contributed by atoms with Crippen molar-refractivity contribution in [3.05, 3.63) is 35.7 Å². The van der Waals surface area contributed by atoms with Crippen molar-refractivity contribution in [2.75, 3.05) is 12.4 Å². The number of ether oxygens (including phenoxy) is 1. The molecule has 0 aliphatic rings. The van der Waals surface area contributed by atoms with Crippen molar-refractivity contribution in [2.24, 2.45) is 0 Å². The number of hydrogen-bond acceptors (Lipinski definition) is 4. The minimum Gasteiger partial charge on any atom is -0.495 e. The van der Waals surface area contributed by atoms with Gasteiger partial charge in [0.05, 0.1) is 18.5 Å². The van der Waals surface area contributed by atoms with Crippen LogP contribution in [0.15, 0.2) is 24.3 Å². The zero-order chi connectivity index (χ0) is 12.3. The van der Waals surface area contributed by atoms with Crippen molar-refractivity contribution in [1.29, 1.82) is 0 Å². The Morgan fingerprint density at radius 3 is 2.76 bits per heavy atom. The Morgan fingerprint density at radius 2 is 2.12 bits per heavy atom. The molecule has 1 heterocycles. The lowest BCUT2D eigenvalue weighted by Gasteiger charge is -2.08. The molecule has 1 aromatic carbocycles. The molecule has 0 aliphatic heterocycles. The average Bonchev–Trinajstić information content (AvgIpc) is 2.76. The molecule has 0 saturated heterocycles. The van der Waals surface area contributed by atoms with Crippen molar-refractivity contribution < 1.29 is 9.53 Å². The molecule has 0 radical (unpaired) electrons. The molecule has 0 fully saturated rings. The summed E-state index contributed by atoms with van der Waals surface area (Å²) in [5.74, 6) is 0.280. The second-order valence-electron chi connectivity index (χ2n) is 3.41. The minimum atomic E-state index is -0.319. The van der Waals surface area contributed by atoms with E-state index in [1.54, 1.807) is 26.2 Å². The van der Waals surface area contributed by atoms with Crippen LogP contribution in [0.2, 0.25) is 0 Å². The SMILES string of the molecule is COc1ccccc1NC(=O)c1n[nH]nc1C. The molecule has 1 aromatic heterocycles. The maximum atomic E-state index is 11.9. The topological polar surface area (TPSA) is 79.9 Å². The van der Waals surface area contributed by atoms with Gasteiger partial charge in [0.1, 0.15) is 5.75 Å². The molecule has 2 aromatic rings. The number of aromatic nitrogens is 3. The van der Waals surface area contributed by atoms with Gasteiger partial charge in [-0.15, -0.1) is 0 Å². The van der Waals surface area contributed by atoms with Gasteiger partial charge < -0.3 is 10.1 Å². The van der Waals surface area contributed by atoms with Gasteiger partial charge >= 0.3 is 0 Å². The molecule has 0 bridgehead atoms. The molecule has 6 heteroatoms. The number of anilines is 1. The number of nitrogens with zero attached hydrogens (tertiary/aromatic N) is 2. The van der Waals surface area contributed by atoms with Crippen LogP contribution >= 0.6 is 0 Å². The lowest BCUT2D eigenvalue weighted by atomic mass is 10.2. The van der Waals surface area contributed by atoms with Crippen LogP contribution in [-0.2, 0) is 0 Å². The number of rotatable bonds is 3. The average molecular weight is 232 g/mol. The molecule has 17 heavy (non-hydrogen) atoms. The Hall–Kier alpha value is -2.37. The fraction of sp³-hybridized carbons (Fsp3) is 0.182. The zero-order valence-electron chi connectivity index (χ0n) is 9.52. The summed E-state index contributed by atoms with van der Waals surface area (Å²) in [6.45, 7) is 1.71. The highest BCUT2D eigenvalue weighted by Crippen LogP contribution is 2.23. The summed E-state index contributed by atoms with van der Waals surface area (Å²) in [7, 11) is 1.55. The number of amides is 1. The molecule has 88 valence electrons. The second kappa shape index (κ2) is 4.65. The van der Waals surface area contributed by atoms with Crippen LogP contribution in [0.4, 0.5) is 5.69 Å². The highest BCUT2D eigenvalue weighted by atomic mass is 16.5. The van der Waals surface area contributed by atoms with Gasteiger partial charge in [0.25, 0.3) is 5.91 Å². The molecular formula is C11H12N4O2. The Morgan fingerprint density at radius 1 is 1.35 bits per heavy atom. The predicted molar refractivity (Wildman–Crippen MR) is 62.1 cm³/mol. The van der Waals surface area contributed by atoms with E-state index < -0.39 is 0 Å². The molecular weight excluding hydrogens is 220 g/mol. The summed E-state index contributed by atoms with van der Waals surface area (Å²) in [6.07, 6.45) is 0. The Labute approximate surface area is 98.0 Å². The van der Waals surface area contributed by atoms with Gasteiger partial charge in [-0.05, 0) is 19.1 Å². The van der Waals surface area contributed by atoms with Gasteiger partial charge in [-0.25, -0.2) is 0 Å². The molecule has 0 aliphatic carbocycles. The summed E-state index contributed by atoms with van der Waals surface area (Å²) in [4.78, 5) is 11.9. The molecule has 2 rings (SSSR count). The van der Waals surface area contributed by atoms with Crippen LogP contribution in [0.3, 0.4) is 0 Å². The maximum absolute atomic E-state index is 11.9. The molecule has 2 N–H and O–H groups in total. The predicted octanol–water partition coefficient (Wildman–Crippen LogP) is 1.37. The second-order valence-corrected chi connectivity index (χ2v) is 3.41. The molecule has 0 spiro atoms. The Balaban J connectivity index is 2.22. The third-order valence-corrected chi connectivity index (χ3v) is 2.29. The minimum absolute atomic E-state index is 0.274. The third kappa shape index (κ3) is 2.25. The molecule has 1 amide bonds. The smallest absolute Gasteiger partial charge is 0.278 e. The van der Waals surface area contributed by atoms with Crippen LogP contribution in [0.5, 0.6) is 5.75 Å². The fourth-order valence-corrected chi connectivity index (χ4v) is 1.43. The van der Waals surface area contributed by atoms with E-state index >= 15 is 0 Å². The Kier molecular flexibility index (Phi) is 3.04. The standard InChI is InChI=1S/C11H12N4O2/c1-7-10(14-15-13-7)11(16)12-8-5-3-4-6-9(8)17-2/h3-6H,1-2H3,(H,12,16)(H,13,14,15). The van der Waals surface area contributed by atoms with Crippen LogP contribution in [-0.4, -0.2) is 28.4 Å². The van der Waals surface area contributed by atoms with Crippen LogP contribution in [0, 0.1) is 6.92 Å². The van der Waals surface area contributed by atoms with Crippen molar-refractivity contribution >= 4 is 11.6 Å². The summed E-state index contributed by atoms with van der Waals surface area (Å²) in [5, 5.41) is 12.7. The number of para-hydroxylation sites is 2. The fourth-order valence-electron chi connectivity index (χ4n) is 1.43. The van der Waals surface area contributed by atoms with Crippen molar-refractivity contribution in [3.63, 3.8) is 0 Å². The van der Waals surface area contributed by atoms with E-state index in [2.05, 4.69) is 20.7 Å². The molecule has 6 nitrogen and oxygen atoms in total. The van der Waals surface area contributed by atoms with Gasteiger partial charge in [0.15, 0.2) is 5.69 Å². The van der Waals surface area contributed by atoms with E-state index in [9.17, 15) is 4.79 Å². The van der Waals surface area contributed by atoms with Gasteiger partial charge in [0, 0.05) is 0 Å². The van der Waals surface area contributed by atoms with Crippen molar-refractivity contribution in [1.82, 2.24) is 15.4 Å². The molecule has 0 unspecified atom stereocenters. The van der Waals surface area contributed by atoms with Crippen LogP contribution in [0.1, 0.15) is 16.2 Å². The number of nitrogens with one attached hydrogen (secondary N) is 2. The molecule has 0 atom stereocenters. The van der Waals surface area contributed by atoms with Gasteiger partial charge in [-0.1, -0.05) is 12.1 Å². The first-order valence-corrected chi connectivity index (χ1v) is 5.04. The summed E-state index contributed by atoms with van der Waals surface area (Å²) >= 11 is 0. The van der Waals surface area contributed by atoms with E-state index in [-0.39, 0.29) is 11.6 Å². The monoisotopic (exact) mass is 232 g/mol. The van der Waals surface area contributed by atoms with Crippen molar-refractivity contribution in [2.45, 2.75) is 6.92 Å². The number of methoxy groups -OCH3 is 1. The van der Waals surface area contributed by atoms with E-state index in [1.807, 2.05) is 12.1 Å². The van der Waals surface area contributed by atoms with E-state index in [0.29, 0.717) is 17.1 Å². The van der Waals surface area contributed by atoms with Gasteiger partial charge in [0.2, 0.25) is 0 Å². The zero-order valence-corrected chi connectivity index (χ0v) is 9.52. The van der Waals surface area contributed by atoms with E-state index in [0.717, 1.165) is 0 Å². The first kappa shape index (κ1) is 11.1. The normalized spacial score (nSPS) is 10.0. The summed E-state index contributed by atoms with van der Waals surface area (Å²) in [5.41, 5.74) is 1.43. The highest BCUT2D eigenvalue weighted by Gasteiger charge is 2.14. The summed E-state index contributed by atoms with van der Waals surface area (Å²) in [6, 6.07) is 7.17. The maximum Gasteiger partial charge on any atom is 0.278 e. The number of aryl methyl sites for hydroxylation is 1. The lowest BCUT2D eigenvalue weighted by molar-refractivity contribution is 0.102. The van der Waals surface area contributed by atoms with E-state index in [1.165, 1.54) is 0 Å². The van der Waals surface area contributed by atoms with Crippen LogP contribution < -0.4 is 10.1 Å². The lowest BCUT2D eigenvalue weighted by Crippen LogP contribution is -2.14. The largest absolute Gasteiger partial charge is 0.495 e. The number of carbonyl (C=O) groups is 1. The molecule has 0 saturated carbocycles. The third-order valence-electron chi connectivity index (χ3n) is 2.29. The number of benzene rings is 1. The first-order chi connectivity index (χ1) is 8.22. The quantitative estimate of drug-likeness (QED) is 0.837. The van der Waals surface area contributed by atoms with Crippen LogP contribution in [0.25, 0.3) is 0 Å². The number of aromatic amines is 1. The highest BCUT2D eigenvalue weighted by molar-refractivity contribution is 6.04. The number of hydrogen-bond donors (Lipinski definition) is 2. The number of carbonyl (C=O) groups excluding carboxylic acids is 1. The summed E-state index contributed by atoms with van der Waals surface area (Å²) < 4.78 is 5.14. The van der Waals surface area contributed by atoms with Gasteiger partial charge in [-0.3, -0.25) is 4.79 Å². The Bertz CT molecular complexity index is 536. The van der Waals surface area contributed by atoms with E-state index in [4.69, 9.17) is 4.74 Å². The number of H-pyrrole nitrogens is 1. The van der Waals surface area contributed by atoms with Gasteiger partial charge in [-0.2, -0.15) is 15.4 Å². The van der Waals surface area contributed by atoms with Crippen molar-refractivity contribution in [3.8, 4) is 5.75 Å².